The first-order chi connectivity index (χ1) is 10.2. The lowest BCUT2D eigenvalue weighted by atomic mass is 10.0. The first-order valence-corrected chi connectivity index (χ1v) is 7.49. The summed E-state index contributed by atoms with van der Waals surface area (Å²) in [5, 5.41) is 0. The molecule has 0 unspecified atom stereocenters. The third-order valence-electron chi connectivity index (χ3n) is 3.97. The first-order valence-electron chi connectivity index (χ1n) is 6.70. The Hall–Kier alpha value is -2.07. The molecular weight excluding hydrogens is 330 g/mol. The Balaban J connectivity index is 2.01. The van der Waals surface area contributed by atoms with Crippen molar-refractivity contribution in [2.75, 3.05) is 11.9 Å². The second-order valence-corrected chi connectivity index (χ2v) is 6.09. The van der Waals surface area contributed by atoms with Gasteiger partial charge in [-0.15, -0.1) is 0 Å². The van der Waals surface area contributed by atoms with Crippen LogP contribution in [0.1, 0.15) is 16.7 Å². The number of fused-ring (bicyclic) bond motifs is 2. The SMILES string of the molecule is CN1C(=O)/C(=C2/OCc3ccccc32)c2cc(Br)ccc21. The largest absolute Gasteiger partial charge is 0.487 e. The van der Waals surface area contributed by atoms with Gasteiger partial charge in [0.2, 0.25) is 0 Å². The smallest absolute Gasteiger partial charge is 0.262 e. The van der Waals surface area contributed by atoms with E-state index in [0.717, 1.165) is 26.9 Å². The summed E-state index contributed by atoms with van der Waals surface area (Å²) in [7, 11) is 1.80. The number of carbonyl (C=O) groups excluding carboxylic acids is 1. The van der Waals surface area contributed by atoms with Crippen molar-refractivity contribution in [1.29, 1.82) is 0 Å². The Morgan fingerprint density at radius 1 is 1.14 bits per heavy atom. The van der Waals surface area contributed by atoms with Crippen LogP contribution < -0.4 is 4.90 Å². The molecule has 0 atom stereocenters. The topological polar surface area (TPSA) is 29.5 Å². The van der Waals surface area contributed by atoms with Crippen molar-refractivity contribution in [1.82, 2.24) is 0 Å². The standard InChI is InChI=1S/C17H12BrNO2/c1-19-14-7-6-11(18)8-13(14)15(17(19)20)16-12-5-3-2-4-10(12)9-21-16/h2-8H,9H2,1H3/b16-15+. The van der Waals surface area contributed by atoms with Crippen molar-refractivity contribution in [2.24, 2.45) is 0 Å². The molecule has 2 heterocycles. The highest BCUT2D eigenvalue weighted by molar-refractivity contribution is 9.10. The summed E-state index contributed by atoms with van der Waals surface area (Å²) in [4.78, 5) is 14.3. The van der Waals surface area contributed by atoms with Gasteiger partial charge >= 0.3 is 0 Å². The minimum atomic E-state index is -0.0187. The van der Waals surface area contributed by atoms with Crippen LogP contribution in [0.2, 0.25) is 0 Å². The molecule has 2 aromatic rings. The van der Waals surface area contributed by atoms with Crippen molar-refractivity contribution in [3.63, 3.8) is 0 Å². The Kier molecular flexibility index (Phi) is 2.69. The van der Waals surface area contributed by atoms with Gasteiger partial charge < -0.3 is 9.64 Å². The van der Waals surface area contributed by atoms with Crippen molar-refractivity contribution < 1.29 is 9.53 Å². The minimum Gasteiger partial charge on any atom is -0.487 e. The summed E-state index contributed by atoms with van der Waals surface area (Å²) in [6.45, 7) is 0.523. The zero-order valence-corrected chi connectivity index (χ0v) is 13.0. The fraction of sp³-hybridized carbons (Fsp3) is 0.118. The van der Waals surface area contributed by atoms with Gasteiger partial charge in [-0.1, -0.05) is 40.2 Å². The van der Waals surface area contributed by atoms with Crippen LogP contribution in [0.4, 0.5) is 5.69 Å². The van der Waals surface area contributed by atoms with Crippen molar-refractivity contribution in [2.45, 2.75) is 6.61 Å². The molecule has 2 aliphatic heterocycles. The van der Waals surface area contributed by atoms with Crippen LogP contribution in [-0.4, -0.2) is 13.0 Å². The number of anilines is 1. The molecule has 0 N–H and O–H groups in total. The number of ether oxygens (including phenoxy) is 1. The van der Waals surface area contributed by atoms with Gasteiger partial charge in [0.25, 0.3) is 5.91 Å². The molecule has 0 bridgehead atoms. The Labute approximate surface area is 131 Å². The fourth-order valence-electron chi connectivity index (χ4n) is 2.91. The summed E-state index contributed by atoms with van der Waals surface area (Å²) in [5.74, 6) is 0.675. The normalized spacial score (nSPS) is 19.5. The Morgan fingerprint density at radius 2 is 1.95 bits per heavy atom. The molecule has 0 aliphatic carbocycles. The fourth-order valence-corrected chi connectivity index (χ4v) is 3.28. The molecule has 0 aromatic heterocycles. The predicted molar refractivity (Wildman–Crippen MR) is 85.6 cm³/mol. The second kappa shape index (κ2) is 4.46. The summed E-state index contributed by atoms with van der Waals surface area (Å²) in [6.07, 6.45) is 0. The van der Waals surface area contributed by atoms with E-state index in [2.05, 4.69) is 15.9 Å². The van der Waals surface area contributed by atoms with Gasteiger partial charge in [0.1, 0.15) is 12.4 Å². The van der Waals surface area contributed by atoms with E-state index >= 15 is 0 Å². The van der Waals surface area contributed by atoms with E-state index in [1.165, 1.54) is 0 Å². The molecule has 2 aliphatic rings. The van der Waals surface area contributed by atoms with Crippen LogP contribution in [0.3, 0.4) is 0 Å². The lowest BCUT2D eigenvalue weighted by molar-refractivity contribution is -0.112. The van der Waals surface area contributed by atoms with Crippen molar-refractivity contribution >= 4 is 38.9 Å². The molecule has 21 heavy (non-hydrogen) atoms. The molecular formula is C17H12BrNO2. The highest BCUT2D eigenvalue weighted by Crippen LogP contribution is 2.44. The maximum atomic E-state index is 12.6. The summed E-state index contributed by atoms with van der Waals surface area (Å²) in [5.41, 5.74) is 4.63. The van der Waals surface area contributed by atoms with Crippen LogP contribution in [0.25, 0.3) is 11.3 Å². The third kappa shape index (κ3) is 1.75. The van der Waals surface area contributed by atoms with Crippen LogP contribution >= 0.6 is 15.9 Å². The summed E-state index contributed by atoms with van der Waals surface area (Å²) >= 11 is 3.48. The van der Waals surface area contributed by atoms with Crippen molar-refractivity contribution in [3.8, 4) is 0 Å². The van der Waals surface area contributed by atoms with Crippen LogP contribution in [0, 0.1) is 0 Å². The molecule has 104 valence electrons. The number of carbonyl (C=O) groups is 1. The molecule has 4 rings (SSSR count). The molecule has 3 nitrogen and oxygen atoms in total. The van der Waals surface area contributed by atoms with Gasteiger partial charge in [0.15, 0.2) is 0 Å². The predicted octanol–water partition coefficient (Wildman–Crippen LogP) is 3.82. The van der Waals surface area contributed by atoms with Gasteiger partial charge in [-0.3, -0.25) is 4.79 Å². The number of halogens is 1. The molecule has 0 saturated carbocycles. The Morgan fingerprint density at radius 3 is 2.81 bits per heavy atom. The maximum Gasteiger partial charge on any atom is 0.262 e. The molecule has 0 radical (unpaired) electrons. The molecule has 1 amide bonds. The highest BCUT2D eigenvalue weighted by atomic mass is 79.9. The van der Waals surface area contributed by atoms with Crippen LogP contribution in [-0.2, 0) is 16.1 Å². The van der Waals surface area contributed by atoms with Gasteiger partial charge in [-0.2, -0.15) is 0 Å². The summed E-state index contributed by atoms with van der Waals surface area (Å²) < 4.78 is 6.79. The van der Waals surface area contributed by atoms with Crippen LogP contribution in [0.15, 0.2) is 46.9 Å². The highest BCUT2D eigenvalue weighted by Gasteiger charge is 2.35. The van der Waals surface area contributed by atoms with Gasteiger partial charge in [0.05, 0.1) is 11.3 Å². The number of hydrogen-bond acceptors (Lipinski definition) is 2. The van der Waals surface area contributed by atoms with E-state index in [-0.39, 0.29) is 5.91 Å². The summed E-state index contributed by atoms with van der Waals surface area (Å²) in [6, 6.07) is 13.9. The number of benzene rings is 2. The first kappa shape index (κ1) is 12.7. The van der Waals surface area contributed by atoms with Gasteiger partial charge in [-0.05, 0) is 18.2 Å². The van der Waals surface area contributed by atoms with Gasteiger partial charge in [0, 0.05) is 28.2 Å². The average molecular weight is 342 g/mol. The lowest BCUT2D eigenvalue weighted by Gasteiger charge is -2.08. The zero-order valence-electron chi connectivity index (χ0n) is 11.4. The molecule has 0 spiro atoms. The van der Waals surface area contributed by atoms with Crippen LogP contribution in [0.5, 0.6) is 0 Å². The quantitative estimate of drug-likeness (QED) is 0.681. The number of amides is 1. The van der Waals surface area contributed by atoms with E-state index in [4.69, 9.17) is 4.74 Å². The third-order valence-corrected chi connectivity index (χ3v) is 4.46. The van der Waals surface area contributed by atoms with Gasteiger partial charge in [-0.25, -0.2) is 0 Å². The van der Waals surface area contributed by atoms with E-state index in [1.807, 2.05) is 42.5 Å². The molecule has 0 fully saturated rings. The average Bonchev–Trinajstić information content (AvgIpc) is 3.00. The van der Waals surface area contributed by atoms with E-state index in [9.17, 15) is 4.79 Å². The number of rotatable bonds is 0. The lowest BCUT2D eigenvalue weighted by Crippen LogP contribution is -2.20. The maximum absolute atomic E-state index is 12.6. The van der Waals surface area contributed by atoms with E-state index < -0.39 is 0 Å². The number of hydrogen-bond donors (Lipinski definition) is 0. The molecule has 0 saturated heterocycles. The number of nitrogens with zero attached hydrogens (tertiary/aromatic N) is 1. The monoisotopic (exact) mass is 341 g/mol. The van der Waals surface area contributed by atoms with E-state index in [0.29, 0.717) is 17.9 Å². The molecule has 2 aromatic carbocycles. The number of likely N-dealkylation sites (N-methyl/N-ethyl adjacent to an activating group) is 1. The van der Waals surface area contributed by atoms with Crippen molar-refractivity contribution in [3.05, 3.63) is 63.6 Å². The second-order valence-electron chi connectivity index (χ2n) is 5.18. The minimum absolute atomic E-state index is 0.0187. The zero-order chi connectivity index (χ0) is 14.6. The Bertz CT molecular complexity index is 810. The molecule has 4 heteroatoms. The van der Waals surface area contributed by atoms with E-state index in [1.54, 1.807) is 11.9 Å².